The van der Waals surface area contributed by atoms with Crippen molar-refractivity contribution in [3.05, 3.63) is 36.0 Å². The molecule has 1 spiro atoms. The van der Waals surface area contributed by atoms with E-state index in [2.05, 4.69) is 31.2 Å². The highest BCUT2D eigenvalue weighted by atomic mass is 16.5. The molecule has 0 saturated heterocycles. The van der Waals surface area contributed by atoms with Gasteiger partial charge in [-0.05, 0) is 72.8 Å². The topological polar surface area (TPSA) is 26.3 Å². The highest BCUT2D eigenvalue weighted by Gasteiger charge is 2.76. The lowest BCUT2D eigenvalue weighted by atomic mass is 9.50. The minimum absolute atomic E-state index is 0.0415. The molecule has 6 aliphatic rings. The smallest absolute Gasteiger partial charge is 0.155 e. The van der Waals surface area contributed by atoms with Crippen molar-refractivity contribution in [2.75, 3.05) is 6.61 Å². The Morgan fingerprint density at radius 2 is 2.17 bits per heavy atom. The monoisotopic (exact) mass is 322 g/mol. The average Bonchev–Trinajstić information content (AvgIpc) is 3.13. The number of carbonyl (C=O) groups is 1. The van der Waals surface area contributed by atoms with Gasteiger partial charge >= 0.3 is 0 Å². The first kappa shape index (κ1) is 14.1. The molecular weight excluding hydrogens is 296 g/mol. The summed E-state index contributed by atoms with van der Waals surface area (Å²) in [5.74, 6) is 4.83. The maximum absolute atomic E-state index is 11.8. The number of carbonyl (C=O) groups excluding carboxylic acids is 1. The van der Waals surface area contributed by atoms with Crippen LogP contribution in [0.5, 0.6) is 0 Å². The normalized spacial score (nSPS) is 56.5. The summed E-state index contributed by atoms with van der Waals surface area (Å²) in [7, 11) is 0. The molecule has 5 aliphatic carbocycles. The van der Waals surface area contributed by atoms with E-state index in [9.17, 15) is 4.79 Å². The standard InChI is InChI=1S/C22H26O2/c1-21-9-7-16-15-6-4-14(23)11-13(15)3-5-17(16)20(21)18-12-19(18)22(21)8-2-10-24-22/h2-3,5,8,11,15-20H,4,6-7,9-10,12H2,1H3/t15-,16+,17+,18-,19+,20+,21-,22-/m0/s1. The average molecular weight is 322 g/mol. The summed E-state index contributed by atoms with van der Waals surface area (Å²) in [4.78, 5) is 11.8. The third kappa shape index (κ3) is 1.47. The van der Waals surface area contributed by atoms with Crippen LogP contribution in [0.2, 0.25) is 0 Å². The highest BCUT2D eigenvalue weighted by molar-refractivity contribution is 5.91. The molecule has 0 unspecified atom stereocenters. The second-order valence-electron chi connectivity index (χ2n) is 9.35. The zero-order valence-electron chi connectivity index (χ0n) is 14.4. The summed E-state index contributed by atoms with van der Waals surface area (Å²) in [5.41, 5.74) is 1.68. The van der Waals surface area contributed by atoms with E-state index in [-0.39, 0.29) is 5.60 Å². The highest BCUT2D eigenvalue weighted by Crippen LogP contribution is 2.77. The first-order valence-corrected chi connectivity index (χ1v) is 9.88. The summed E-state index contributed by atoms with van der Waals surface area (Å²) in [6.07, 6.45) is 17.2. The molecule has 2 nitrogen and oxygen atoms in total. The predicted molar refractivity (Wildman–Crippen MR) is 92.2 cm³/mol. The summed E-state index contributed by atoms with van der Waals surface area (Å²) >= 11 is 0. The molecular formula is C22H26O2. The van der Waals surface area contributed by atoms with Gasteiger partial charge in [-0.25, -0.2) is 0 Å². The fraction of sp³-hybridized carbons (Fsp3) is 0.682. The Kier molecular flexibility index (Phi) is 2.54. The Balaban J connectivity index is 1.43. The van der Waals surface area contributed by atoms with Gasteiger partial charge in [-0.2, -0.15) is 0 Å². The molecule has 0 radical (unpaired) electrons. The molecule has 8 atom stereocenters. The number of rotatable bonds is 0. The van der Waals surface area contributed by atoms with Crippen LogP contribution in [0.1, 0.15) is 39.0 Å². The van der Waals surface area contributed by atoms with Crippen LogP contribution in [0.3, 0.4) is 0 Å². The molecule has 1 heterocycles. The van der Waals surface area contributed by atoms with E-state index in [1.165, 1.54) is 24.8 Å². The van der Waals surface area contributed by atoms with Crippen LogP contribution in [-0.4, -0.2) is 18.0 Å². The quantitative estimate of drug-likeness (QED) is 0.628. The Labute approximate surface area is 144 Å². The number of hydrogen-bond acceptors (Lipinski definition) is 2. The molecule has 2 heteroatoms. The van der Waals surface area contributed by atoms with Crippen molar-refractivity contribution >= 4 is 5.78 Å². The first-order chi connectivity index (χ1) is 11.6. The van der Waals surface area contributed by atoms with Gasteiger partial charge in [0.1, 0.15) is 0 Å². The number of allylic oxidation sites excluding steroid dienone is 4. The third-order valence-corrected chi connectivity index (χ3v) is 8.66. The van der Waals surface area contributed by atoms with Gasteiger partial charge < -0.3 is 4.74 Å². The van der Waals surface area contributed by atoms with Crippen molar-refractivity contribution in [3.63, 3.8) is 0 Å². The van der Waals surface area contributed by atoms with Gasteiger partial charge in [0.2, 0.25) is 0 Å². The van der Waals surface area contributed by atoms with E-state index < -0.39 is 0 Å². The molecule has 0 aromatic rings. The molecule has 0 amide bonds. The zero-order valence-corrected chi connectivity index (χ0v) is 14.4. The zero-order chi connectivity index (χ0) is 16.1. The fourth-order valence-electron chi connectivity index (χ4n) is 7.72. The van der Waals surface area contributed by atoms with Crippen molar-refractivity contribution < 1.29 is 9.53 Å². The second-order valence-corrected chi connectivity index (χ2v) is 9.35. The largest absolute Gasteiger partial charge is 0.366 e. The maximum Gasteiger partial charge on any atom is 0.155 e. The van der Waals surface area contributed by atoms with Crippen LogP contribution in [0, 0.1) is 40.9 Å². The molecule has 126 valence electrons. The van der Waals surface area contributed by atoms with Gasteiger partial charge in [0.25, 0.3) is 0 Å². The summed E-state index contributed by atoms with van der Waals surface area (Å²) in [6.45, 7) is 3.34. The Bertz CT molecular complexity index is 715. The number of ketones is 1. The number of ether oxygens (including phenoxy) is 1. The molecule has 3 saturated carbocycles. The van der Waals surface area contributed by atoms with Gasteiger partial charge in [0, 0.05) is 11.8 Å². The third-order valence-electron chi connectivity index (χ3n) is 8.66. The van der Waals surface area contributed by atoms with Crippen molar-refractivity contribution in [2.45, 2.75) is 44.6 Å². The summed E-state index contributed by atoms with van der Waals surface area (Å²) in [5, 5.41) is 0. The second kappa shape index (κ2) is 4.33. The Morgan fingerprint density at radius 1 is 1.25 bits per heavy atom. The molecule has 3 fully saturated rings. The van der Waals surface area contributed by atoms with E-state index in [1.54, 1.807) is 0 Å². The van der Waals surface area contributed by atoms with Gasteiger partial charge in [0.15, 0.2) is 5.78 Å². The van der Waals surface area contributed by atoms with Crippen LogP contribution in [0.15, 0.2) is 36.0 Å². The minimum Gasteiger partial charge on any atom is -0.366 e. The van der Waals surface area contributed by atoms with Crippen LogP contribution in [0.25, 0.3) is 0 Å². The Morgan fingerprint density at radius 3 is 3.00 bits per heavy atom. The van der Waals surface area contributed by atoms with E-state index in [4.69, 9.17) is 4.74 Å². The lowest BCUT2D eigenvalue weighted by molar-refractivity contribution is -0.122. The van der Waals surface area contributed by atoms with Crippen LogP contribution < -0.4 is 0 Å². The first-order valence-electron chi connectivity index (χ1n) is 9.88. The van der Waals surface area contributed by atoms with Gasteiger partial charge in [-0.15, -0.1) is 0 Å². The van der Waals surface area contributed by atoms with Crippen LogP contribution >= 0.6 is 0 Å². The fourth-order valence-corrected chi connectivity index (χ4v) is 7.72. The van der Waals surface area contributed by atoms with Crippen molar-refractivity contribution in [1.29, 1.82) is 0 Å². The van der Waals surface area contributed by atoms with Gasteiger partial charge in [0.05, 0.1) is 12.2 Å². The maximum atomic E-state index is 11.8. The predicted octanol–water partition coefficient (Wildman–Crippen LogP) is 4.09. The van der Waals surface area contributed by atoms with Crippen LogP contribution in [0.4, 0.5) is 0 Å². The molecule has 6 rings (SSSR count). The summed E-state index contributed by atoms with van der Waals surface area (Å²) < 4.78 is 6.44. The van der Waals surface area contributed by atoms with E-state index in [0.717, 1.165) is 43.1 Å². The van der Waals surface area contributed by atoms with Crippen molar-refractivity contribution in [3.8, 4) is 0 Å². The molecule has 0 aromatic carbocycles. The van der Waals surface area contributed by atoms with Gasteiger partial charge in [-0.1, -0.05) is 31.2 Å². The van der Waals surface area contributed by atoms with Crippen LogP contribution in [-0.2, 0) is 9.53 Å². The number of hydrogen-bond donors (Lipinski definition) is 0. The molecule has 0 aromatic heterocycles. The number of fused-ring (bicyclic) bond motifs is 9. The minimum atomic E-state index is 0.0415. The van der Waals surface area contributed by atoms with E-state index >= 15 is 0 Å². The lowest BCUT2D eigenvalue weighted by Crippen LogP contribution is -2.54. The van der Waals surface area contributed by atoms with Crippen molar-refractivity contribution in [1.82, 2.24) is 0 Å². The Hall–Kier alpha value is -1.15. The van der Waals surface area contributed by atoms with Gasteiger partial charge in [-0.3, -0.25) is 4.79 Å². The molecule has 1 aliphatic heterocycles. The summed E-state index contributed by atoms with van der Waals surface area (Å²) in [6, 6.07) is 0. The molecule has 24 heavy (non-hydrogen) atoms. The van der Waals surface area contributed by atoms with E-state index in [0.29, 0.717) is 23.0 Å². The van der Waals surface area contributed by atoms with Crippen molar-refractivity contribution in [2.24, 2.45) is 40.9 Å². The SMILES string of the molecule is C[C@]12CC[C@H]3[C@@H](C=CC4=CC(=O)CC[C@@H]43)[C@@H]1[C@H]1C[C@H]1[C@@]21C=CCO1. The molecule has 0 N–H and O–H groups in total. The molecule has 0 bridgehead atoms. The van der Waals surface area contributed by atoms with E-state index in [1.807, 2.05) is 6.08 Å². The lowest BCUT2D eigenvalue weighted by Gasteiger charge is -2.55.